The summed E-state index contributed by atoms with van der Waals surface area (Å²) in [6, 6.07) is 6.14. The van der Waals surface area contributed by atoms with Gasteiger partial charge < -0.3 is 10.2 Å². The van der Waals surface area contributed by atoms with Crippen molar-refractivity contribution in [2.75, 3.05) is 26.2 Å². The highest BCUT2D eigenvalue weighted by molar-refractivity contribution is 6.30. The lowest BCUT2D eigenvalue weighted by Crippen LogP contribution is -2.45. The number of hydrogen-bond acceptors (Lipinski definition) is 2. The molecule has 0 radical (unpaired) electrons. The van der Waals surface area contributed by atoms with Crippen LogP contribution in [0.3, 0.4) is 0 Å². The Labute approximate surface area is 140 Å². The summed E-state index contributed by atoms with van der Waals surface area (Å²) in [6.07, 6.45) is 2.42. The molecule has 1 N–H and O–H groups in total. The third-order valence-electron chi connectivity index (χ3n) is 3.11. The summed E-state index contributed by atoms with van der Waals surface area (Å²) in [5, 5.41) is 4.01. The van der Waals surface area contributed by atoms with Crippen LogP contribution >= 0.6 is 11.6 Å². The number of nitrogens with one attached hydrogen (secondary N) is 1. The number of amides is 1. The monoisotopic (exact) mass is 324 g/mol. The summed E-state index contributed by atoms with van der Waals surface area (Å²) in [7, 11) is 0. The van der Waals surface area contributed by atoms with Crippen molar-refractivity contribution < 1.29 is 4.79 Å². The molecule has 1 aromatic carbocycles. The van der Waals surface area contributed by atoms with Crippen LogP contribution < -0.4 is 5.32 Å². The number of carbonyl (C=O) groups excluding carboxylic acids is 1. The maximum Gasteiger partial charge on any atom is 0.246 e. The standard InChI is InChI=1S/C9H11Cl.C7H12N2O.C2H6/c1-3-8-4-7(2)5-9(10)6-8;1-2-7(10)9-5-3-8-4-6-9;1-2/h4-6H,3H2,1-2H3;2,8H,1,3-6H2;1-2H3. The van der Waals surface area contributed by atoms with Gasteiger partial charge in [-0.3, -0.25) is 4.79 Å². The minimum atomic E-state index is 0.0431. The van der Waals surface area contributed by atoms with E-state index in [4.69, 9.17) is 11.6 Å². The van der Waals surface area contributed by atoms with Gasteiger partial charge in [0.05, 0.1) is 0 Å². The van der Waals surface area contributed by atoms with Crippen molar-refractivity contribution in [2.24, 2.45) is 0 Å². The van der Waals surface area contributed by atoms with E-state index in [-0.39, 0.29) is 5.91 Å². The molecular formula is C18H29ClN2O. The molecule has 0 bridgehead atoms. The first-order valence-electron chi connectivity index (χ1n) is 7.95. The summed E-state index contributed by atoms with van der Waals surface area (Å²) < 4.78 is 0. The van der Waals surface area contributed by atoms with E-state index in [2.05, 4.69) is 31.8 Å². The Morgan fingerprint density at radius 3 is 2.36 bits per heavy atom. The molecule has 1 heterocycles. The van der Waals surface area contributed by atoms with E-state index in [9.17, 15) is 4.79 Å². The quantitative estimate of drug-likeness (QED) is 0.838. The highest BCUT2D eigenvalue weighted by Crippen LogP contribution is 2.14. The fourth-order valence-corrected chi connectivity index (χ4v) is 2.34. The molecule has 0 saturated carbocycles. The van der Waals surface area contributed by atoms with Gasteiger partial charge in [0.2, 0.25) is 5.91 Å². The molecule has 1 amide bonds. The second kappa shape index (κ2) is 12.2. The summed E-state index contributed by atoms with van der Waals surface area (Å²) in [6.45, 7) is 15.0. The van der Waals surface area contributed by atoms with Crippen molar-refractivity contribution in [3.05, 3.63) is 47.0 Å². The van der Waals surface area contributed by atoms with Gasteiger partial charge in [-0.15, -0.1) is 0 Å². The first-order valence-corrected chi connectivity index (χ1v) is 8.32. The molecule has 4 heteroatoms. The van der Waals surface area contributed by atoms with Crippen LogP contribution in [-0.4, -0.2) is 37.0 Å². The van der Waals surface area contributed by atoms with Gasteiger partial charge in [-0.25, -0.2) is 0 Å². The highest BCUT2D eigenvalue weighted by Gasteiger charge is 2.11. The molecule has 1 saturated heterocycles. The predicted octanol–water partition coefficient (Wildman–Crippen LogP) is 3.84. The van der Waals surface area contributed by atoms with Crippen molar-refractivity contribution in [1.29, 1.82) is 0 Å². The largest absolute Gasteiger partial charge is 0.337 e. The lowest BCUT2D eigenvalue weighted by Gasteiger charge is -2.25. The lowest BCUT2D eigenvalue weighted by molar-refractivity contribution is -0.126. The summed E-state index contributed by atoms with van der Waals surface area (Å²) >= 11 is 5.83. The molecule has 0 aromatic heterocycles. The van der Waals surface area contributed by atoms with E-state index >= 15 is 0 Å². The number of piperazine rings is 1. The van der Waals surface area contributed by atoms with Gasteiger partial charge in [0, 0.05) is 31.2 Å². The normalized spacial score (nSPS) is 13.2. The van der Waals surface area contributed by atoms with Crippen molar-refractivity contribution in [3.8, 4) is 0 Å². The number of hydrogen-bond donors (Lipinski definition) is 1. The molecule has 0 atom stereocenters. The molecule has 22 heavy (non-hydrogen) atoms. The van der Waals surface area contributed by atoms with Crippen molar-refractivity contribution in [1.82, 2.24) is 10.2 Å². The van der Waals surface area contributed by atoms with E-state index in [1.165, 1.54) is 17.2 Å². The minimum absolute atomic E-state index is 0.0431. The molecule has 1 aliphatic heterocycles. The van der Waals surface area contributed by atoms with Crippen molar-refractivity contribution in [2.45, 2.75) is 34.1 Å². The van der Waals surface area contributed by atoms with Crippen LogP contribution in [0.1, 0.15) is 31.9 Å². The minimum Gasteiger partial charge on any atom is -0.337 e. The van der Waals surface area contributed by atoms with Gasteiger partial charge in [0.1, 0.15) is 0 Å². The predicted molar refractivity (Wildman–Crippen MR) is 96.6 cm³/mol. The van der Waals surface area contributed by atoms with E-state index in [0.29, 0.717) is 0 Å². The number of halogens is 1. The molecule has 2 rings (SSSR count). The van der Waals surface area contributed by atoms with Crippen molar-refractivity contribution >= 4 is 17.5 Å². The van der Waals surface area contributed by atoms with Gasteiger partial charge in [-0.05, 0) is 42.7 Å². The van der Waals surface area contributed by atoms with E-state index < -0.39 is 0 Å². The lowest BCUT2D eigenvalue weighted by atomic mass is 10.1. The zero-order valence-corrected chi connectivity index (χ0v) is 15.0. The van der Waals surface area contributed by atoms with Crippen LogP contribution in [0.4, 0.5) is 0 Å². The smallest absolute Gasteiger partial charge is 0.246 e. The average molecular weight is 325 g/mol. The first kappa shape index (κ1) is 20.7. The Kier molecular flexibility index (Phi) is 11.5. The van der Waals surface area contributed by atoms with Crippen LogP contribution in [0.2, 0.25) is 5.02 Å². The molecule has 3 nitrogen and oxygen atoms in total. The molecule has 0 unspecified atom stereocenters. The maximum absolute atomic E-state index is 10.9. The molecule has 124 valence electrons. The van der Waals surface area contributed by atoms with Crippen LogP contribution in [0, 0.1) is 6.92 Å². The average Bonchev–Trinajstić information content (AvgIpc) is 2.56. The molecular weight excluding hydrogens is 296 g/mol. The zero-order chi connectivity index (χ0) is 17.0. The second-order valence-corrected chi connectivity index (χ2v) is 5.21. The molecule has 0 aliphatic carbocycles. The Bertz CT molecular complexity index is 434. The van der Waals surface area contributed by atoms with E-state index in [1.54, 1.807) is 4.90 Å². The van der Waals surface area contributed by atoms with Gasteiger partial charge in [0.25, 0.3) is 0 Å². The highest BCUT2D eigenvalue weighted by atomic mass is 35.5. The van der Waals surface area contributed by atoms with E-state index in [1.807, 2.05) is 26.0 Å². The molecule has 1 aliphatic rings. The molecule has 0 spiro atoms. The SMILES string of the molecule is C=CC(=O)N1CCNCC1.CC.CCc1cc(C)cc(Cl)c1. The topological polar surface area (TPSA) is 32.3 Å². The molecule has 1 fully saturated rings. The molecule has 1 aromatic rings. The third kappa shape index (κ3) is 8.20. The van der Waals surface area contributed by atoms with Gasteiger partial charge >= 0.3 is 0 Å². The Morgan fingerprint density at radius 1 is 1.32 bits per heavy atom. The van der Waals surface area contributed by atoms with Crippen LogP contribution in [0.5, 0.6) is 0 Å². The Balaban J connectivity index is 0.000000360. The third-order valence-corrected chi connectivity index (χ3v) is 3.33. The Morgan fingerprint density at radius 2 is 1.91 bits per heavy atom. The second-order valence-electron chi connectivity index (χ2n) is 4.77. The number of benzene rings is 1. The first-order chi connectivity index (χ1) is 10.6. The van der Waals surface area contributed by atoms with Gasteiger partial charge in [0.15, 0.2) is 0 Å². The maximum atomic E-state index is 10.9. The van der Waals surface area contributed by atoms with Gasteiger partial charge in [-0.1, -0.05) is 45.0 Å². The number of nitrogens with zero attached hydrogens (tertiary/aromatic N) is 1. The number of carbonyl (C=O) groups is 1. The fraction of sp³-hybridized carbons (Fsp3) is 0.500. The Hall–Kier alpha value is -1.32. The van der Waals surface area contributed by atoms with Crippen LogP contribution in [0.25, 0.3) is 0 Å². The van der Waals surface area contributed by atoms with Crippen molar-refractivity contribution in [3.63, 3.8) is 0 Å². The summed E-state index contributed by atoms with van der Waals surface area (Å²) in [5.74, 6) is 0.0431. The zero-order valence-electron chi connectivity index (χ0n) is 14.3. The van der Waals surface area contributed by atoms with Gasteiger partial charge in [-0.2, -0.15) is 0 Å². The van der Waals surface area contributed by atoms with Crippen LogP contribution in [0.15, 0.2) is 30.9 Å². The fourth-order valence-electron chi connectivity index (χ4n) is 2.03. The number of aryl methyl sites for hydroxylation is 2. The summed E-state index contributed by atoms with van der Waals surface area (Å²) in [4.78, 5) is 12.7. The summed E-state index contributed by atoms with van der Waals surface area (Å²) in [5.41, 5.74) is 2.55. The van der Waals surface area contributed by atoms with E-state index in [0.717, 1.165) is 37.6 Å². The van der Waals surface area contributed by atoms with Crippen LogP contribution in [-0.2, 0) is 11.2 Å². The number of rotatable bonds is 2.